The largest absolute Gasteiger partial charge is 0.417 e. The van der Waals surface area contributed by atoms with Crippen LogP contribution in [0.25, 0.3) is 0 Å². The van der Waals surface area contributed by atoms with Crippen molar-refractivity contribution in [2.45, 2.75) is 18.1 Å². The SMILES string of the molecule is Cc1ccc(C(=O)C=CSc2ncc(C(F)(F)F)cc2Cl)cc1. The van der Waals surface area contributed by atoms with Crippen LogP contribution in [-0.4, -0.2) is 10.8 Å². The van der Waals surface area contributed by atoms with Crippen molar-refractivity contribution >= 4 is 29.1 Å². The average Bonchev–Trinajstić information content (AvgIpc) is 2.48. The molecule has 2 nitrogen and oxygen atoms in total. The molecule has 0 spiro atoms. The second-order valence-corrected chi connectivity index (χ2v) is 5.96. The van der Waals surface area contributed by atoms with E-state index in [0.29, 0.717) is 11.8 Å². The lowest BCUT2D eigenvalue weighted by molar-refractivity contribution is -0.137. The van der Waals surface area contributed by atoms with Gasteiger partial charge in [-0.3, -0.25) is 4.79 Å². The molecule has 7 heteroatoms. The molecule has 2 rings (SSSR count). The number of carbonyl (C=O) groups excluding carboxylic acids is 1. The van der Waals surface area contributed by atoms with E-state index in [1.54, 1.807) is 12.1 Å². The molecule has 0 atom stereocenters. The Balaban J connectivity index is 2.05. The maximum atomic E-state index is 12.5. The minimum atomic E-state index is -4.49. The summed E-state index contributed by atoms with van der Waals surface area (Å²) < 4.78 is 37.5. The maximum absolute atomic E-state index is 12.5. The van der Waals surface area contributed by atoms with Gasteiger partial charge in [0.15, 0.2) is 5.78 Å². The highest BCUT2D eigenvalue weighted by Gasteiger charge is 2.31. The smallest absolute Gasteiger partial charge is 0.289 e. The number of allylic oxidation sites excluding steroid dienone is 1. The highest BCUT2D eigenvalue weighted by Crippen LogP contribution is 2.33. The number of carbonyl (C=O) groups is 1. The lowest BCUT2D eigenvalue weighted by Gasteiger charge is -2.07. The number of aryl methyl sites for hydroxylation is 1. The third-order valence-corrected chi connectivity index (χ3v) is 4.09. The Morgan fingerprint density at radius 2 is 1.91 bits per heavy atom. The molecule has 0 saturated heterocycles. The zero-order valence-electron chi connectivity index (χ0n) is 11.9. The van der Waals surface area contributed by atoms with Crippen molar-refractivity contribution in [3.63, 3.8) is 0 Å². The Bertz CT molecular complexity index is 742. The average molecular weight is 358 g/mol. The van der Waals surface area contributed by atoms with Crippen LogP contribution in [0.2, 0.25) is 5.02 Å². The number of aromatic nitrogens is 1. The van der Waals surface area contributed by atoms with Crippen LogP contribution in [0.5, 0.6) is 0 Å². The predicted molar refractivity (Wildman–Crippen MR) is 84.8 cm³/mol. The van der Waals surface area contributed by atoms with Crippen LogP contribution in [0.3, 0.4) is 0 Å². The molecule has 0 radical (unpaired) electrons. The van der Waals surface area contributed by atoms with Gasteiger partial charge in [-0.15, -0.1) is 0 Å². The highest BCUT2D eigenvalue weighted by atomic mass is 35.5. The number of hydrogen-bond acceptors (Lipinski definition) is 3. The first-order valence-corrected chi connectivity index (χ1v) is 7.70. The number of ketones is 1. The van der Waals surface area contributed by atoms with Crippen molar-refractivity contribution in [2.75, 3.05) is 0 Å². The van der Waals surface area contributed by atoms with Crippen molar-refractivity contribution in [3.8, 4) is 0 Å². The number of nitrogens with zero attached hydrogens (tertiary/aromatic N) is 1. The molecule has 1 aromatic carbocycles. The summed E-state index contributed by atoms with van der Waals surface area (Å²) in [5.41, 5.74) is 0.658. The van der Waals surface area contributed by atoms with Gasteiger partial charge in [0, 0.05) is 11.8 Å². The molecule has 0 unspecified atom stereocenters. The summed E-state index contributed by atoms with van der Waals surface area (Å²) in [6.45, 7) is 1.91. The predicted octanol–water partition coefficient (Wildman–Crippen LogP) is 5.55. The fourth-order valence-corrected chi connectivity index (χ4v) is 2.55. The molecule has 0 bridgehead atoms. The Hall–Kier alpha value is -1.79. The van der Waals surface area contributed by atoms with Crippen molar-refractivity contribution in [1.82, 2.24) is 4.98 Å². The van der Waals surface area contributed by atoms with Gasteiger partial charge in [-0.25, -0.2) is 4.98 Å². The molecule has 0 aliphatic rings. The Kier molecular flexibility index (Phi) is 5.49. The zero-order valence-corrected chi connectivity index (χ0v) is 13.5. The number of pyridine rings is 1. The summed E-state index contributed by atoms with van der Waals surface area (Å²) in [5.74, 6) is -0.208. The van der Waals surface area contributed by atoms with Crippen LogP contribution in [0.4, 0.5) is 13.2 Å². The van der Waals surface area contributed by atoms with E-state index in [2.05, 4.69) is 4.98 Å². The molecule has 23 heavy (non-hydrogen) atoms. The molecule has 0 aliphatic carbocycles. The summed E-state index contributed by atoms with van der Waals surface area (Å²) >= 11 is 6.76. The van der Waals surface area contributed by atoms with Gasteiger partial charge in [0.1, 0.15) is 5.03 Å². The number of halogens is 4. The first-order chi connectivity index (χ1) is 10.8. The van der Waals surface area contributed by atoms with Gasteiger partial charge in [-0.05, 0) is 24.5 Å². The molecule has 0 N–H and O–H groups in total. The molecule has 0 fully saturated rings. The van der Waals surface area contributed by atoms with Crippen molar-refractivity contribution in [1.29, 1.82) is 0 Å². The van der Waals surface area contributed by atoms with E-state index in [0.717, 1.165) is 23.4 Å². The summed E-state index contributed by atoms with van der Waals surface area (Å²) in [7, 11) is 0. The molecule has 0 saturated carbocycles. The van der Waals surface area contributed by atoms with Crippen LogP contribution in [0, 0.1) is 6.92 Å². The summed E-state index contributed by atoms with van der Waals surface area (Å²) in [6.07, 6.45) is -2.45. The normalized spacial score (nSPS) is 11.9. The maximum Gasteiger partial charge on any atom is 0.417 e. The summed E-state index contributed by atoms with van der Waals surface area (Å²) in [6, 6.07) is 7.86. The Morgan fingerprint density at radius 1 is 1.26 bits per heavy atom. The molecular weight excluding hydrogens is 347 g/mol. The monoisotopic (exact) mass is 357 g/mol. The third kappa shape index (κ3) is 4.84. The number of thioether (sulfide) groups is 1. The van der Waals surface area contributed by atoms with Gasteiger partial charge in [0.05, 0.1) is 10.6 Å². The Morgan fingerprint density at radius 3 is 2.48 bits per heavy atom. The molecular formula is C16H11ClF3NOS. The Labute approximate surface area is 140 Å². The van der Waals surface area contributed by atoms with E-state index in [1.165, 1.54) is 11.5 Å². The first-order valence-electron chi connectivity index (χ1n) is 6.44. The first kappa shape index (κ1) is 17.6. The van der Waals surface area contributed by atoms with Gasteiger partial charge < -0.3 is 0 Å². The van der Waals surface area contributed by atoms with Gasteiger partial charge in [-0.2, -0.15) is 13.2 Å². The van der Waals surface area contributed by atoms with Gasteiger partial charge in [-0.1, -0.05) is 53.2 Å². The lowest BCUT2D eigenvalue weighted by atomic mass is 10.1. The fraction of sp³-hybridized carbons (Fsp3) is 0.125. The van der Waals surface area contributed by atoms with E-state index >= 15 is 0 Å². The van der Waals surface area contributed by atoms with E-state index in [9.17, 15) is 18.0 Å². The van der Waals surface area contributed by atoms with Crippen LogP contribution in [0.1, 0.15) is 21.5 Å². The van der Waals surface area contributed by atoms with Gasteiger partial charge >= 0.3 is 6.18 Å². The third-order valence-electron chi connectivity index (χ3n) is 2.87. The number of alkyl halides is 3. The molecule has 1 heterocycles. The molecule has 120 valence electrons. The summed E-state index contributed by atoms with van der Waals surface area (Å²) in [4.78, 5) is 15.6. The van der Waals surface area contributed by atoms with E-state index in [-0.39, 0.29) is 15.8 Å². The quantitative estimate of drug-likeness (QED) is 0.408. The minimum absolute atomic E-state index is 0.114. The molecule has 0 aliphatic heterocycles. The van der Waals surface area contributed by atoms with Gasteiger partial charge in [0.2, 0.25) is 0 Å². The van der Waals surface area contributed by atoms with E-state index in [1.807, 2.05) is 19.1 Å². The van der Waals surface area contributed by atoms with E-state index in [4.69, 9.17) is 11.6 Å². The topological polar surface area (TPSA) is 30.0 Å². The van der Waals surface area contributed by atoms with E-state index < -0.39 is 11.7 Å². The van der Waals surface area contributed by atoms with Crippen molar-refractivity contribution < 1.29 is 18.0 Å². The van der Waals surface area contributed by atoms with Gasteiger partial charge in [0.25, 0.3) is 0 Å². The minimum Gasteiger partial charge on any atom is -0.289 e. The van der Waals surface area contributed by atoms with Crippen LogP contribution < -0.4 is 0 Å². The van der Waals surface area contributed by atoms with Crippen LogP contribution in [0.15, 0.2) is 53.0 Å². The standard InChI is InChI=1S/C16H11ClF3NOS/c1-10-2-4-11(5-3-10)14(22)6-7-23-15-13(17)8-12(9-21-15)16(18,19)20/h2-9H,1H3. The van der Waals surface area contributed by atoms with Crippen molar-refractivity contribution in [2.24, 2.45) is 0 Å². The second-order valence-electron chi connectivity index (χ2n) is 4.66. The highest BCUT2D eigenvalue weighted by molar-refractivity contribution is 8.02. The lowest BCUT2D eigenvalue weighted by Crippen LogP contribution is -2.05. The molecule has 2 aromatic rings. The van der Waals surface area contributed by atoms with Crippen molar-refractivity contribution in [3.05, 3.63) is 69.7 Å². The summed E-state index contributed by atoms with van der Waals surface area (Å²) in [5, 5.41) is 1.54. The number of hydrogen-bond donors (Lipinski definition) is 0. The molecule has 0 amide bonds. The molecule has 1 aromatic heterocycles. The number of benzene rings is 1. The second kappa shape index (κ2) is 7.19. The fourth-order valence-electron chi connectivity index (χ4n) is 1.64. The van der Waals surface area contributed by atoms with Crippen LogP contribution >= 0.6 is 23.4 Å². The van der Waals surface area contributed by atoms with Crippen LogP contribution in [-0.2, 0) is 6.18 Å². The zero-order chi connectivity index (χ0) is 17.0. The number of rotatable bonds is 4.